The van der Waals surface area contributed by atoms with Gasteiger partial charge >= 0.3 is 0 Å². The van der Waals surface area contributed by atoms with Crippen molar-refractivity contribution in [3.8, 4) is 0 Å². The standard InChI is InChI=1S/C30H34Cl2FN3O4S/c1-5-21(4)34-30(38)28(6-2)35(18-22-9-10-23(31)17-27(22)32)29(37)19-36(25-13-11-24(33)12-14-25)41(39,40)26-15-7-20(3)8-16-26/h7-17,21,28H,5-6,18-19H2,1-4H3,(H,34,38)/t21-,28+/m0/s1. The van der Waals surface area contributed by atoms with E-state index in [9.17, 15) is 22.4 Å². The molecule has 0 saturated carbocycles. The molecule has 2 amide bonds. The average Bonchev–Trinajstić information content (AvgIpc) is 2.93. The first kappa shape index (κ1) is 32.4. The van der Waals surface area contributed by atoms with Gasteiger partial charge in [0.25, 0.3) is 10.0 Å². The lowest BCUT2D eigenvalue weighted by Gasteiger charge is -2.34. The van der Waals surface area contributed by atoms with Crippen LogP contribution in [0.3, 0.4) is 0 Å². The number of hydrogen-bond acceptors (Lipinski definition) is 4. The van der Waals surface area contributed by atoms with Gasteiger partial charge in [-0.25, -0.2) is 12.8 Å². The summed E-state index contributed by atoms with van der Waals surface area (Å²) in [7, 11) is -4.26. The first-order valence-electron chi connectivity index (χ1n) is 13.3. The van der Waals surface area contributed by atoms with E-state index in [1.165, 1.54) is 35.2 Å². The van der Waals surface area contributed by atoms with Crippen molar-refractivity contribution in [2.24, 2.45) is 0 Å². The number of carbonyl (C=O) groups excluding carboxylic acids is 2. The molecule has 7 nitrogen and oxygen atoms in total. The lowest BCUT2D eigenvalue weighted by Crippen LogP contribution is -2.53. The fraction of sp³-hybridized carbons (Fsp3) is 0.333. The summed E-state index contributed by atoms with van der Waals surface area (Å²) in [6.07, 6.45) is 0.951. The summed E-state index contributed by atoms with van der Waals surface area (Å²) < 4.78 is 42.4. The SMILES string of the molecule is CC[C@H](C(=O)N[C@@H](C)CC)N(Cc1ccc(Cl)cc1Cl)C(=O)CN(c1ccc(F)cc1)S(=O)(=O)c1ccc(C)cc1. The molecule has 0 radical (unpaired) electrons. The Morgan fingerprint density at radius 3 is 2.15 bits per heavy atom. The molecule has 0 heterocycles. The molecule has 0 aliphatic heterocycles. The van der Waals surface area contributed by atoms with Gasteiger partial charge in [0, 0.05) is 22.6 Å². The predicted molar refractivity (Wildman–Crippen MR) is 161 cm³/mol. The number of hydrogen-bond donors (Lipinski definition) is 1. The van der Waals surface area contributed by atoms with Gasteiger partial charge in [-0.15, -0.1) is 0 Å². The van der Waals surface area contributed by atoms with Crippen LogP contribution in [0.25, 0.3) is 0 Å². The monoisotopic (exact) mass is 621 g/mol. The zero-order valence-corrected chi connectivity index (χ0v) is 25.7. The number of aryl methyl sites for hydroxylation is 1. The van der Waals surface area contributed by atoms with E-state index in [0.717, 1.165) is 22.0 Å². The van der Waals surface area contributed by atoms with Crippen molar-refractivity contribution >= 4 is 50.7 Å². The molecule has 2 atom stereocenters. The number of nitrogens with one attached hydrogen (secondary N) is 1. The van der Waals surface area contributed by atoms with E-state index >= 15 is 0 Å². The quantitative estimate of drug-likeness (QED) is 0.255. The first-order valence-corrected chi connectivity index (χ1v) is 15.5. The molecule has 220 valence electrons. The molecular weight excluding hydrogens is 588 g/mol. The zero-order valence-electron chi connectivity index (χ0n) is 23.4. The van der Waals surface area contributed by atoms with Crippen molar-refractivity contribution in [2.75, 3.05) is 10.8 Å². The van der Waals surface area contributed by atoms with E-state index in [4.69, 9.17) is 23.2 Å². The van der Waals surface area contributed by atoms with E-state index < -0.39 is 34.3 Å². The summed E-state index contributed by atoms with van der Waals surface area (Å²) in [5, 5.41) is 3.63. The molecule has 0 saturated heterocycles. The Labute approximate surface area is 251 Å². The summed E-state index contributed by atoms with van der Waals surface area (Å²) in [5.41, 5.74) is 1.49. The molecular formula is C30H34Cl2FN3O4S. The lowest BCUT2D eigenvalue weighted by atomic mass is 10.1. The number of benzene rings is 3. The Morgan fingerprint density at radius 1 is 0.951 bits per heavy atom. The fourth-order valence-electron chi connectivity index (χ4n) is 4.17. The predicted octanol–water partition coefficient (Wildman–Crippen LogP) is 6.36. The van der Waals surface area contributed by atoms with E-state index in [0.29, 0.717) is 22.0 Å². The van der Waals surface area contributed by atoms with Crippen molar-refractivity contribution in [3.05, 3.63) is 93.7 Å². The van der Waals surface area contributed by atoms with E-state index in [-0.39, 0.29) is 35.5 Å². The van der Waals surface area contributed by atoms with Crippen LogP contribution in [-0.2, 0) is 26.2 Å². The van der Waals surface area contributed by atoms with Crippen LogP contribution in [0.5, 0.6) is 0 Å². The number of nitrogens with zero attached hydrogens (tertiary/aromatic N) is 2. The summed E-state index contributed by atoms with van der Waals surface area (Å²) >= 11 is 12.5. The maximum Gasteiger partial charge on any atom is 0.264 e. The molecule has 3 aromatic rings. The van der Waals surface area contributed by atoms with Crippen LogP contribution in [0.2, 0.25) is 10.0 Å². The Bertz CT molecular complexity index is 1470. The molecule has 0 aliphatic rings. The topological polar surface area (TPSA) is 86.8 Å². The number of anilines is 1. The van der Waals surface area contributed by atoms with Gasteiger partial charge in [0.05, 0.1) is 10.6 Å². The smallest absolute Gasteiger partial charge is 0.264 e. The fourth-order valence-corrected chi connectivity index (χ4v) is 6.05. The van der Waals surface area contributed by atoms with Gasteiger partial charge in [-0.3, -0.25) is 13.9 Å². The van der Waals surface area contributed by atoms with Crippen LogP contribution in [0, 0.1) is 12.7 Å². The van der Waals surface area contributed by atoms with Gasteiger partial charge in [0.2, 0.25) is 11.8 Å². The molecule has 0 aromatic heterocycles. The van der Waals surface area contributed by atoms with Crippen LogP contribution < -0.4 is 9.62 Å². The van der Waals surface area contributed by atoms with Crippen LogP contribution in [0.15, 0.2) is 71.6 Å². The highest BCUT2D eigenvalue weighted by Gasteiger charge is 2.34. The molecule has 0 fully saturated rings. The maximum atomic E-state index is 14.1. The Hall–Kier alpha value is -3.14. The molecule has 3 rings (SSSR count). The van der Waals surface area contributed by atoms with Crippen LogP contribution in [-0.4, -0.2) is 43.8 Å². The van der Waals surface area contributed by atoms with Crippen LogP contribution >= 0.6 is 23.2 Å². The second-order valence-electron chi connectivity index (χ2n) is 9.80. The molecule has 11 heteroatoms. The van der Waals surface area contributed by atoms with Gasteiger partial charge in [-0.2, -0.15) is 0 Å². The number of sulfonamides is 1. The second kappa shape index (κ2) is 14.2. The molecule has 1 N–H and O–H groups in total. The van der Waals surface area contributed by atoms with Crippen molar-refractivity contribution in [1.29, 1.82) is 0 Å². The molecule has 3 aromatic carbocycles. The van der Waals surface area contributed by atoms with E-state index in [1.807, 2.05) is 20.8 Å². The highest BCUT2D eigenvalue weighted by atomic mass is 35.5. The van der Waals surface area contributed by atoms with Crippen LogP contribution in [0.4, 0.5) is 10.1 Å². The average molecular weight is 623 g/mol. The van der Waals surface area contributed by atoms with E-state index in [2.05, 4.69) is 5.32 Å². The number of halogens is 3. The molecule has 0 spiro atoms. The Morgan fingerprint density at radius 2 is 1.59 bits per heavy atom. The second-order valence-corrected chi connectivity index (χ2v) is 12.5. The Kier molecular flexibility index (Phi) is 11.2. The first-order chi connectivity index (χ1) is 19.4. The number of carbonyl (C=O) groups is 2. The summed E-state index contributed by atoms with van der Waals surface area (Å²) in [4.78, 5) is 28.7. The molecule has 0 unspecified atom stereocenters. The lowest BCUT2D eigenvalue weighted by molar-refractivity contribution is -0.140. The molecule has 0 aliphatic carbocycles. The van der Waals surface area contributed by atoms with Crippen molar-refractivity contribution in [3.63, 3.8) is 0 Å². The van der Waals surface area contributed by atoms with E-state index in [1.54, 1.807) is 31.2 Å². The third-order valence-corrected chi connectivity index (χ3v) is 9.12. The third kappa shape index (κ3) is 8.21. The largest absolute Gasteiger partial charge is 0.352 e. The van der Waals surface area contributed by atoms with Crippen molar-refractivity contribution < 1.29 is 22.4 Å². The van der Waals surface area contributed by atoms with Crippen molar-refractivity contribution in [1.82, 2.24) is 10.2 Å². The Balaban J connectivity index is 2.08. The number of amides is 2. The van der Waals surface area contributed by atoms with Gasteiger partial charge < -0.3 is 10.2 Å². The highest BCUT2D eigenvalue weighted by molar-refractivity contribution is 7.92. The van der Waals surface area contributed by atoms with Gasteiger partial charge in [-0.1, -0.05) is 60.8 Å². The summed E-state index contributed by atoms with van der Waals surface area (Å²) in [6.45, 7) is 6.68. The molecule has 41 heavy (non-hydrogen) atoms. The maximum absolute atomic E-state index is 14.1. The third-order valence-electron chi connectivity index (χ3n) is 6.75. The normalized spacial score (nSPS) is 12.9. The van der Waals surface area contributed by atoms with Gasteiger partial charge in [0.1, 0.15) is 18.4 Å². The van der Waals surface area contributed by atoms with Crippen molar-refractivity contribution in [2.45, 2.75) is 64.1 Å². The minimum atomic E-state index is -4.26. The summed E-state index contributed by atoms with van der Waals surface area (Å²) in [5.74, 6) is -1.56. The van der Waals surface area contributed by atoms with Gasteiger partial charge in [-0.05, 0) is 80.8 Å². The number of rotatable bonds is 12. The van der Waals surface area contributed by atoms with Gasteiger partial charge in [0.15, 0.2) is 0 Å². The highest BCUT2D eigenvalue weighted by Crippen LogP contribution is 2.27. The minimum Gasteiger partial charge on any atom is -0.352 e. The molecule has 0 bridgehead atoms. The van der Waals surface area contributed by atoms with Crippen LogP contribution in [0.1, 0.15) is 44.7 Å². The zero-order chi connectivity index (χ0) is 30.3. The summed E-state index contributed by atoms with van der Waals surface area (Å²) in [6, 6.07) is 14.8. The minimum absolute atomic E-state index is 0.0333.